The highest BCUT2D eigenvalue weighted by Gasteiger charge is 2.25. The third-order valence-corrected chi connectivity index (χ3v) is 5.98. The first-order chi connectivity index (χ1) is 9.95. The predicted molar refractivity (Wildman–Crippen MR) is 87.0 cm³/mol. The number of rotatable bonds is 6. The highest BCUT2D eigenvalue weighted by atomic mass is 79.9. The minimum atomic E-state index is -3.54. The Hall–Kier alpha value is -0.700. The van der Waals surface area contributed by atoms with Crippen LogP contribution in [0, 0.1) is 0 Å². The minimum absolute atomic E-state index is 0.197. The Morgan fingerprint density at radius 1 is 1.43 bits per heavy atom. The van der Waals surface area contributed by atoms with Crippen LogP contribution < -0.4 is 5.32 Å². The van der Waals surface area contributed by atoms with E-state index in [9.17, 15) is 8.42 Å². The largest absolute Gasteiger partial charge is 0.372 e. The number of hydrogen-bond acceptors (Lipinski definition) is 5. The monoisotopic (exact) mass is 376 g/mol. The lowest BCUT2D eigenvalue weighted by molar-refractivity contribution is 0.310. The van der Waals surface area contributed by atoms with E-state index in [-0.39, 0.29) is 4.90 Å². The molecule has 8 heteroatoms. The summed E-state index contributed by atoms with van der Waals surface area (Å²) >= 11 is 3.28. The number of pyridine rings is 1. The maximum absolute atomic E-state index is 12.7. The van der Waals surface area contributed by atoms with Crippen LogP contribution in [0.15, 0.2) is 21.6 Å². The first kappa shape index (κ1) is 16.7. The Balaban J connectivity index is 2.14. The van der Waals surface area contributed by atoms with Gasteiger partial charge in [-0.2, -0.15) is 4.31 Å². The first-order valence-electron chi connectivity index (χ1n) is 6.97. The molecule has 118 valence electrons. The second-order valence-electron chi connectivity index (χ2n) is 5.13. The molecule has 0 aromatic carbocycles. The quantitative estimate of drug-likeness (QED) is 0.816. The molecular weight excluding hydrogens is 356 g/mol. The summed E-state index contributed by atoms with van der Waals surface area (Å²) in [6.45, 7) is 3.38. The van der Waals surface area contributed by atoms with Gasteiger partial charge in [0.1, 0.15) is 10.7 Å². The molecule has 6 nitrogen and oxygen atoms in total. The lowest BCUT2D eigenvalue weighted by atomic mass is 10.4. The second kappa shape index (κ2) is 7.04. The van der Waals surface area contributed by atoms with Crippen molar-refractivity contribution in [3.63, 3.8) is 0 Å². The van der Waals surface area contributed by atoms with Crippen LogP contribution in [0.25, 0.3) is 0 Å². The Morgan fingerprint density at radius 2 is 2.10 bits per heavy atom. The summed E-state index contributed by atoms with van der Waals surface area (Å²) in [7, 11) is -0.261. The number of hydrogen-bond donors (Lipinski definition) is 1. The Labute approximate surface area is 134 Å². The standard InChI is InChI=1S/C13H21BrN4O2S/c1-15-13-12(9-11(14)10-16-13)21(19,20)17(2)7-8-18-5-3-4-6-18/h9-10H,3-8H2,1-2H3,(H,15,16). The zero-order chi connectivity index (χ0) is 15.5. The van der Waals surface area contributed by atoms with Gasteiger partial charge in [0.2, 0.25) is 10.0 Å². The summed E-state index contributed by atoms with van der Waals surface area (Å²) in [6.07, 6.45) is 3.99. The van der Waals surface area contributed by atoms with Crippen LogP contribution in [-0.4, -0.2) is 62.9 Å². The van der Waals surface area contributed by atoms with Gasteiger partial charge in [0.25, 0.3) is 0 Å². The van der Waals surface area contributed by atoms with Gasteiger partial charge in [-0.25, -0.2) is 13.4 Å². The summed E-state index contributed by atoms with van der Waals surface area (Å²) in [5, 5.41) is 2.83. The summed E-state index contributed by atoms with van der Waals surface area (Å²) in [5.74, 6) is 0.367. The highest BCUT2D eigenvalue weighted by molar-refractivity contribution is 9.10. The molecular formula is C13H21BrN4O2S. The second-order valence-corrected chi connectivity index (χ2v) is 8.05. The van der Waals surface area contributed by atoms with Crippen LogP contribution in [0.3, 0.4) is 0 Å². The topological polar surface area (TPSA) is 65.5 Å². The van der Waals surface area contributed by atoms with Gasteiger partial charge in [0, 0.05) is 37.9 Å². The van der Waals surface area contributed by atoms with Gasteiger partial charge >= 0.3 is 0 Å². The van der Waals surface area contributed by atoms with Gasteiger partial charge in [0.15, 0.2) is 0 Å². The van der Waals surface area contributed by atoms with Gasteiger partial charge in [-0.15, -0.1) is 0 Å². The van der Waals surface area contributed by atoms with Crippen LogP contribution >= 0.6 is 15.9 Å². The highest BCUT2D eigenvalue weighted by Crippen LogP contribution is 2.25. The van der Waals surface area contributed by atoms with E-state index in [0.29, 0.717) is 16.8 Å². The van der Waals surface area contributed by atoms with E-state index < -0.39 is 10.0 Å². The van der Waals surface area contributed by atoms with Crippen LogP contribution in [0.5, 0.6) is 0 Å². The van der Waals surface area contributed by atoms with Crippen LogP contribution in [0.4, 0.5) is 5.82 Å². The van der Waals surface area contributed by atoms with Gasteiger partial charge in [0.05, 0.1) is 0 Å². The van der Waals surface area contributed by atoms with Crippen molar-refractivity contribution in [3.8, 4) is 0 Å². The molecule has 0 radical (unpaired) electrons. The first-order valence-corrected chi connectivity index (χ1v) is 9.20. The van der Waals surface area contributed by atoms with Crippen molar-refractivity contribution in [2.45, 2.75) is 17.7 Å². The van der Waals surface area contributed by atoms with Crippen molar-refractivity contribution in [2.75, 3.05) is 45.6 Å². The lowest BCUT2D eigenvalue weighted by Crippen LogP contribution is -2.35. The molecule has 2 heterocycles. The molecule has 0 atom stereocenters. The molecule has 0 bridgehead atoms. The molecule has 1 aromatic rings. The third kappa shape index (κ3) is 3.94. The molecule has 21 heavy (non-hydrogen) atoms. The van der Waals surface area contributed by atoms with E-state index in [1.54, 1.807) is 26.4 Å². The van der Waals surface area contributed by atoms with Gasteiger partial charge in [-0.1, -0.05) is 0 Å². The zero-order valence-corrected chi connectivity index (χ0v) is 14.7. The van der Waals surface area contributed by atoms with Gasteiger partial charge in [-0.05, 0) is 47.9 Å². The Kier molecular flexibility index (Phi) is 5.59. The summed E-state index contributed by atoms with van der Waals surface area (Å²) in [5.41, 5.74) is 0. The van der Waals surface area contributed by atoms with E-state index in [1.807, 2.05) is 0 Å². The molecule has 0 amide bonds. The minimum Gasteiger partial charge on any atom is -0.372 e. The molecule has 1 N–H and O–H groups in total. The summed E-state index contributed by atoms with van der Waals surface area (Å²) < 4.78 is 27.4. The fourth-order valence-electron chi connectivity index (χ4n) is 2.38. The maximum Gasteiger partial charge on any atom is 0.246 e. The average Bonchev–Trinajstić information content (AvgIpc) is 2.97. The normalized spacial score (nSPS) is 16.6. The molecule has 0 aliphatic carbocycles. The third-order valence-electron chi connectivity index (χ3n) is 3.67. The van der Waals surface area contributed by atoms with Crippen LogP contribution in [-0.2, 0) is 10.0 Å². The van der Waals surface area contributed by atoms with Crippen LogP contribution in [0.2, 0.25) is 0 Å². The predicted octanol–water partition coefficient (Wildman–Crippen LogP) is 1.60. The molecule has 0 unspecified atom stereocenters. The van der Waals surface area contributed by atoms with E-state index in [2.05, 4.69) is 31.1 Å². The molecule has 1 fully saturated rings. The number of likely N-dealkylation sites (tertiary alicyclic amines) is 1. The van der Waals surface area contributed by atoms with Crippen molar-refractivity contribution >= 4 is 31.8 Å². The molecule has 0 spiro atoms. The number of halogens is 1. The van der Waals surface area contributed by atoms with Crippen LogP contribution in [0.1, 0.15) is 12.8 Å². The Bertz CT molecular complexity index is 588. The molecule has 2 rings (SSSR count). The lowest BCUT2D eigenvalue weighted by Gasteiger charge is -2.22. The fraction of sp³-hybridized carbons (Fsp3) is 0.615. The average molecular weight is 377 g/mol. The molecule has 1 aromatic heterocycles. The molecule has 1 saturated heterocycles. The number of aromatic nitrogens is 1. The van der Waals surface area contributed by atoms with E-state index in [0.717, 1.165) is 19.6 Å². The van der Waals surface area contributed by atoms with Gasteiger partial charge < -0.3 is 10.2 Å². The SMILES string of the molecule is CNc1ncc(Br)cc1S(=O)(=O)N(C)CCN1CCCC1. The summed E-state index contributed by atoms with van der Waals surface area (Å²) in [6, 6.07) is 1.58. The van der Waals surface area contributed by atoms with Crippen molar-refractivity contribution in [1.29, 1.82) is 0 Å². The molecule has 1 aliphatic rings. The summed E-state index contributed by atoms with van der Waals surface area (Å²) in [4.78, 5) is 6.60. The maximum atomic E-state index is 12.7. The van der Waals surface area contributed by atoms with Crippen molar-refractivity contribution in [1.82, 2.24) is 14.2 Å². The van der Waals surface area contributed by atoms with E-state index in [1.165, 1.54) is 17.1 Å². The van der Waals surface area contributed by atoms with Gasteiger partial charge in [-0.3, -0.25) is 0 Å². The number of sulfonamides is 1. The molecule has 1 aliphatic heterocycles. The molecule has 0 saturated carbocycles. The van der Waals surface area contributed by atoms with Crippen molar-refractivity contribution in [3.05, 3.63) is 16.7 Å². The van der Waals surface area contributed by atoms with E-state index in [4.69, 9.17) is 0 Å². The van der Waals surface area contributed by atoms with Crippen molar-refractivity contribution in [2.24, 2.45) is 0 Å². The number of likely N-dealkylation sites (N-methyl/N-ethyl adjacent to an activating group) is 1. The van der Waals surface area contributed by atoms with Crippen molar-refractivity contribution < 1.29 is 8.42 Å². The number of anilines is 1. The zero-order valence-electron chi connectivity index (χ0n) is 12.3. The number of nitrogens with one attached hydrogen (secondary N) is 1. The smallest absolute Gasteiger partial charge is 0.246 e. The Morgan fingerprint density at radius 3 is 2.71 bits per heavy atom. The van der Waals surface area contributed by atoms with E-state index >= 15 is 0 Å². The number of nitrogens with zero attached hydrogens (tertiary/aromatic N) is 3. The fourth-order valence-corrected chi connectivity index (χ4v) is 4.20.